The summed E-state index contributed by atoms with van der Waals surface area (Å²) in [7, 11) is 0. The van der Waals surface area contributed by atoms with Crippen molar-refractivity contribution in [2.75, 3.05) is 13.2 Å². The number of hydrogen-bond donors (Lipinski definition) is 0. The van der Waals surface area contributed by atoms with Gasteiger partial charge in [-0.15, -0.1) is 0 Å². The molecule has 0 fully saturated rings. The maximum absolute atomic E-state index is 11.6. The fourth-order valence-electron chi connectivity index (χ4n) is 1.21. The van der Waals surface area contributed by atoms with Crippen LogP contribution in [0.3, 0.4) is 0 Å². The monoisotopic (exact) mass is 251 g/mol. The van der Waals surface area contributed by atoms with Gasteiger partial charge in [0.05, 0.1) is 13.2 Å². The van der Waals surface area contributed by atoms with Crippen molar-refractivity contribution in [2.45, 2.75) is 13.3 Å². The molecule has 0 amide bonds. The predicted octanol–water partition coefficient (Wildman–Crippen LogP) is 2.60. The van der Waals surface area contributed by atoms with E-state index in [1.807, 2.05) is 0 Å². The summed E-state index contributed by atoms with van der Waals surface area (Å²) in [6, 6.07) is 6.31. The maximum atomic E-state index is 11.6. The number of para-hydroxylation sites is 1. The average molecular weight is 251 g/mol. The van der Waals surface area contributed by atoms with Gasteiger partial charge in [0.15, 0.2) is 0 Å². The zero-order valence-corrected chi connectivity index (χ0v) is 10.2. The summed E-state index contributed by atoms with van der Waals surface area (Å²) in [6.07, 6.45) is -0.412. The van der Waals surface area contributed by atoms with Crippen LogP contribution in [0.4, 0.5) is 4.79 Å². The minimum Gasteiger partial charge on any atom is -0.462 e. The number of esters is 1. The van der Waals surface area contributed by atoms with E-state index >= 15 is 0 Å². The third-order valence-electron chi connectivity index (χ3n) is 1.94. The van der Waals surface area contributed by atoms with E-state index in [1.54, 1.807) is 19.1 Å². The Bertz CT molecular complexity index is 414. The summed E-state index contributed by atoms with van der Waals surface area (Å²) < 4.78 is 14.5. The Morgan fingerprint density at radius 1 is 1.22 bits per heavy atom. The highest BCUT2D eigenvalue weighted by molar-refractivity contribution is 5.93. The molecule has 1 rings (SSSR count). The van der Waals surface area contributed by atoms with Crippen molar-refractivity contribution in [3.05, 3.63) is 36.8 Å². The quantitative estimate of drug-likeness (QED) is 0.594. The van der Waals surface area contributed by atoms with Crippen LogP contribution in [-0.4, -0.2) is 25.3 Å². The number of rotatable bonds is 5. The van der Waals surface area contributed by atoms with Crippen LogP contribution < -0.4 is 4.74 Å². The summed E-state index contributed by atoms with van der Waals surface area (Å²) in [6.45, 7) is 5.64. The molecule has 0 atom stereocenters. The van der Waals surface area contributed by atoms with Crippen LogP contribution in [0.15, 0.2) is 24.3 Å². The Labute approximate surface area is 106 Å². The molecule has 0 saturated heterocycles. The number of hydrogen-bond acceptors (Lipinski definition) is 5. The lowest BCUT2D eigenvalue weighted by atomic mass is 10.2. The molecule has 0 aliphatic carbocycles. The second-order valence-electron chi connectivity index (χ2n) is 3.27. The van der Waals surface area contributed by atoms with E-state index < -0.39 is 12.1 Å². The molecule has 0 N–H and O–H groups in total. The summed E-state index contributed by atoms with van der Waals surface area (Å²) in [5.74, 6) is -0.428. The Morgan fingerprint density at radius 2 is 1.94 bits per heavy atom. The van der Waals surface area contributed by atoms with Gasteiger partial charge in [0.1, 0.15) is 11.3 Å². The van der Waals surface area contributed by atoms with Gasteiger partial charge in [-0.05, 0) is 32.4 Å². The van der Waals surface area contributed by atoms with Crippen LogP contribution >= 0.6 is 0 Å². The molecule has 5 nitrogen and oxygen atoms in total. The molecule has 97 valence electrons. The molecule has 0 heterocycles. The summed E-state index contributed by atoms with van der Waals surface area (Å²) in [5.41, 5.74) is 0.186. The molecule has 0 aromatic heterocycles. The Balaban J connectivity index is 2.76. The Kier molecular flexibility index (Phi) is 5.70. The van der Waals surface area contributed by atoms with Crippen LogP contribution in [0.2, 0.25) is 0 Å². The first-order chi connectivity index (χ1) is 8.69. The first-order valence-electron chi connectivity index (χ1n) is 5.59. The van der Waals surface area contributed by atoms with Crippen molar-refractivity contribution in [3.8, 4) is 5.75 Å². The largest absolute Gasteiger partial charge is 0.513 e. The molecule has 0 bridgehead atoms. The fourth-order valence-corrected chi connectivity index (χ4v) is 1.21. The van der Waals surface area contributed by atoms with Crippen LogP contribution in [0.1, 0.15) is 23.7 Å². The highest BCUT2D eigenvalue weighted by Crippen LogP contribution is 2.19. The normalized spacial score (nSPS) is 9.67. The number of ether oxygens (including phenoxy) is 3. The first kappa shape index (κ1) is 14.0. The fraction of sp³-hybridized carbons (Fsp3) is 0.308. The molecule has 1 radical (unpaired) electrons. The molecule has 0 aliphatic rings. The highest BCUT2D eigenvalue weighted by Gasteiger charge is 2.16. The van der Waals surface area contributed by atoms with Crippen LogP contribution in [0, 0.1) is 6.92 Å². The predicted molar refractivity (Wildman–Crippen MR) is 64.3 cm³/mol. The van der Waals surface area contributed by atoms with Crippen molar-refractivity contribution in [3.63, 3.8) is 0 Å². The van der Waals surface area contributed by atoms with Crippen molar-refractivity contribution in [2.24, 2.45) is 0 Å². The third-order valence-corrected chi connectivity index (χ3v) is 1.94. The lowest BCUT2D eigenvalue weighted by Crippen LogP contribution is -2.14. The van der Waals surface area contributed by atoms with Gasteiger partial charge in [0.2, 0.25) is 0 Å². The third kappa shape index (κ3) is 4.08. The maximum Gasteiger partial charge on any atom is 0.513 e. The molecule has 1 aromatic carbocycles. The van der Waals surface area contributed by atoms with Crippen molar-refractivity contribution < 1.29 is 23.8 Å². The molecule has 0 spiro atoms. The first-order valence-corrected chi connectivity index (χ1v) is 5.59. The van der Waals surface area contributed by atoms with Crippen molar-refractivity contribution in [1.82, 2.24) is 0 Å². The summed E-state index contributed by atoms with van der Waals surface area (Å²) in [4.78, 5) is 22.9. The molecule has 0 unspecified atom stereocenters. The highest BCUT2D eigenvalue weighted by atomic mass is 16.7. The van der Waals surface area contributed by atoms with E-state index in [9.17, 15) is 9.59 Å². The van der Waals surface area contributed by atoms with E-state index in [0.717, 1.165) is 0 Å². The zero-order valence-electron chi connectivity index (χ0n) is 10.2. The van der Waals surface area contributed by atoms with Crippen LogP contribution in [-0.2, 0) is 9.47 Å². The summed E-state index contributed by atoms with van der Waals surface area (Å²) >= 11 is 0. The SMILES string of the molecule is [CH2]CCOC(=O)Oc1ccccc1C(=O)OCC. The topological polar surface area (TPSA) is 61.8 Å². The molecule has 0 aliphatic heterocycles. The van der Waals surface area contributed by atoms with Gasteiger partial charge in [0.25, 0.3) is 0 Å². The van der Waals surface area contributed by atoms with E-state index in [-0.39, 0.29) is 24.5 Å². The van der Waals surface area contributed by atoms with E-state index in [1.165, 1.54) is 12.1 Å². The van der Waals surface area contributed by atoms with Gasteiger partial charge in [-0.2, -0.15) is 0 Å². The standard InChI is InChI=1S/C13H15O5/c1-3-9-17-13(15)18-11-8-6-5-7-10(11)12(14)16-4-2/h5-8H,1,3-4,9H2,2H3. The molecule has 5 heteroatoms. The van der Waals surface area contributed by atoms with Crippen LogP contribution in [0.25, 0.3) is 0 Å². The van der Waals surface area contributed by atoms with Crippen molar-refractivity contribution >= 4 is 12.1 Å². The molecule has 0 saturated carbocycles. The number of carbonyl (C=O) groups is 2. The Hall–Kier alpha value is -2.04. The van der Waals surface area contributed by atoms with Gasteiger partial charge >= 0.3 is 12.1 Å². The second kappa shape index (κ2) is 7.32. The smallest absolute Gasteiger partial charge is 0.462 e. The molecular weight excluding hydrogens is 236 g/mol. The van der Waals surface area contributed by atoms with Gasteiger partial charge in [-0.3, -0.25) is 0 Å². The van der Waals surface area contributed by atoms with Gasteiger partial charge in [-0.1, -0.05) is 12.1 Å². The summed E-state index contributed by atoms with van der Waals surface area (Å²) in [5, 5.41) is 0. The van der Waals surface area contributed by atoms with Crippen LogP contribution in [0.5, 0.6) is 5.75 Å². The van der Waals surface area contributed by atoms with E-state index in [4.69, 9.17) is 14.2 Å². The Morgan fingerprint density at radius 3 is 2.61 bits per heavy atom. The van der Waals surface area contributed by atoms with Gasteiger partial charge in [0, 0.05) is 0 Å². The van der Waals surface area contributed by atoms with E-state index in [2.05, 4.69) is 6.92 Å². The molecule has 18 heavy (non-hydrogen) atoms. The lowest BCUT2D eigenvalue weighted by molar-refractivity contribution is 0.0521. The second-order valence-corrected chi connectivity index (χ2v) is 3.27. The van der Waals surface area contributed by atoms with Gasteiger partial charge < -0.3 is 14.2 Å². The lowest BCUT2D eigenvalue weighted by Gasteiger charge is -2.09. The number of benzene rings is 1. The molecule has 1 aromatic rings. The van der Waals surface area contributed by atoms with Crippen molar-refractivity contribution in [1.29, 1.82) is 0 Å². The number of carbonyl (C=O) groups excluding carboxylic acids is 2. The van der Waals surface area contributed by atoms with E-state index in [0.29, 0.717) is 6.42 Å². The molecular formula is C13H15O5. The minimum atomic E-state index is -0.865. The average Bonchev–Trinajstić information content (AvgIpc) is 2.37. The minimum absolute atomic E-state index is 0.116. The van der Waals surface area contributed by atoms with Gasteiger partial charge in [-0.25, -0.2) is 9.59 Å². The zero-order chi connectivity index (χ0) is 13.4.